The monoisotopic (exact) mass is 581 g/mol. The van der Waals surface area contributed by atoms with Gasteiger partial charge in [-0.05, 0) is 99.2 Å². The predicted molar refractivity (Wildman–Crippen MR) is 147 cm³/mol. The van der Waals surface area contributed by atoms with Gasteiger partial charge in [-0.3, -0.25) is 0 Å². The molecule has 0 unspecified atom stereocenters. The van der Waals surface area contributed by atoms with Gasteiger partial charge in [-0.1, -0.05) is 30.3 Å². The molecule has 0 radical (unpaired) electrons. The zero-order chi connectivity index (χ0) is 28.5. The molecule has 0 spiro atoms. The minimum atomic E-state index is -4.91. The third kappa shape index (κ3) is 6.36. The molecule has 0 aromatic heterocycles. The first-order chi connectivity index (χ1) is 19.1. The van der Waals surface area contributed by atoms with Gasteiger partial charge in [-0.15, -0.1) is 0 Å². The summed E-state index contributed by atoms with van der Waals surface area (Å²) in [7, 11) is -4.73. The van der Waals surface area contributed by atoms with E-state index < -0.39 is 32.8 Å². The lowest BCUT2D eigenvalue weighted by molar-refractivity contribution is -0.140. The van der Waals surface area contributed by atoms with Crippen molar-refractivity contribution in [2.24, 2.45) is 16.8 Å². The summed E-state index contributed by atoms with van der Waals surface area (Å²) in [5.74, 6) is 1.17. The average molecular weight is 582 g/mol. The fourth-order valence-electron chi connectivity index (χ4n) is 6.63. The van der Waals surface area contributed by atoms with Crippen molar-refractivity contribution >= 4 is 10.0 Å². The molecule has 2 heterocycles. The van der Waals surface area contributed by atoms with Crippen LogP contribution in [0.5, 0.6) is 0 Å². The number of hydrogen-bond acceptors (Lipinski definition) is 8. The lowest BCUT2D eigenvalue weighted by atomic mass is 9.82. The molecule has 1 aliphatic carbocycles. The summed E-state index contributed by atoms with van der Waals surface area (Å²) in [5, 5.41) is 5.34. The van der Waals surface area contributed by atoms with Crippen molar-refractivity contribution in [2.75, 3.05) is 19.6 Å². The first kappa shape index (κ1) is 29.4. The number of alkyl halides is 3. The molecule has 2 aromatic rings. The van der Waals surface area contributed by atoms with E-state index >= 15 is 0 Å². The number of likely N-dealkylation sites (tertiary alicyclic amines) is 1. The van der Waals surface area contributed by atoms with Gasteiger partial charge >= 0.3 is 6.18 Å². The molecule has 3 aliphatic rings. The summed E-state index contributed by atoms with van der Waals surface area (Å²) in [4.78, 5) is 1.68. The van der Waals surface area contributed by atoms with Gasteiger partial charge < -0.3 is 10.6 Å². The summed E-state index contributed by atoms with van der Waals surface area (Å²) >= 11 is 0. The minimum Gasteiger partial charge on any atom is -0.330 e. The molecule has 2 saturated heterocycles. The molecule has 9 nitrogen and oxygen atoms in total. The van der Waals surface area contributed by atoms with E-state index in [0.29, 0.717) is 23.1 Å². The molecule has 0 amide bonds. The van der Waals surface area contributed by atoms with Gasteiger partial charge in [0, 0.05) is 11.6 Å². The Hall–Kier alpha value is -2.10. The second-order valence-corrected chi connectivity index (χ2v) is 12.6. The van der Waals surface area contributed by atoms with E-state index in [1.165, 1.54) is 37.3 Å². The third-order valence-corrected chi connectivity index (χ3v) is 9.71. The molecular weight excluding hydrogens is 543 g/mol. The summed E-state index contributed by atoms with van der Waals surface area (Å²) in [6, 6.07) is 10.4. The van der Waals surface area contributed by atoms with Crippen LogP contribution >= 0.6 is 0 Å². The fourth-order valence-corrected chi connectivity index (χ4v) is 7.66. The van der Waals surface area contributed by atoms with Crippen LogP contribution in [0.4, 0.5) is 13.2 Å². The van der Waals surface area contributed by atoms with E-state index in [1.807, 2.05) is 24.3 Å². The molecule has 5 rings (SSSR count). The number of piperidine rings is 1. The second kappa shape index (κ2) is 12.0. The predicted octanol–water partition coefficient (Wildman–Crippen LogP) is 3.22. The van der Waals surface area contributed by atoms with Crippen molar-refractivity contribution in [3.63, 3.8) is 0 Å². The molecule has 3 fully saturated rings. The Kier molecular flexibility index (Phi) is 8.83. The maximum atomic E-state index is 13.8. The number of benzene rings is 2. The van der Waals surface area contributed by atoms with Crippen molar-refractivity contribution in [3.05, 3.63) is 53.1 Å². The standard InChI is InChI=1S/C27H38F3N7O2S/c28-27(29,30)23-10-9-22(24(25(23)40(32,38)39)26-33-35-36-34-26)20-5-3-18(4-6-20)19-12-15-37(16-13-19)21-7-1-17(2-8-21)11-14-31/h3-6,9-10,17,19,21,26,33-36H,1-2,7-8,11-16,31H2,(H2,32,38,39). The molecular formula is C27H38F3N7O2S. The molecule has 40 heavy (non-hydrogen) atoms. The van der Waals surface area contributed by atoms with Crippen LogP contribution in [0.2, 0.25) is 0 Å². The fraction of sp³-hybridized carbons (Fsp3) is 0.556. The Morgan fingerprint density at radius 2 is 1.52 bits per heavy atom. The summed E-state index contributed by atoms with van der Waals surface area (Å²) in [6.45, 7) is 2.88. The number of rotatable bonds is 7. The van der Waals surface area contributed by atoms with Gasteiger partial charge in [0.15, 0.2) is 0 Å². The summed E-state index contributed by atoms with van der Waals surface area (Å²) in [5.41, 5.74) is 16.9. The average Bonchev–Trinajstić information content (AvgIpc) is 3.47. The van der Waals surface area contributed by atoms with Gasteiger partial charge in [0.25, 0.3) is 0 Å². The number of primary sulfonamides is 1. The van der Waals surface area contributed by atoms with Crippen LogP contribution in [0.1, 0.15) is 73.7 Å². The highest BCUT2D eigenvalue weighted by Crippen LogP contribution is 2.42. The van der Waals surface area contributed by atoms with Crippen molar-refractivity contribution in [2.45, 2.75) is 74.1 Å². The van der Waals surface area contributed by atoms with E-state index in [1.54, 1.807) is 0 Å². The SMILES string of the molecule is NCCC1CCC(N2CCC(c3ccc(-c4ccc(C(F)(F)F)c(S(N)(=O)=O)c4C4NNNN4)cc3)CC2)CC1. The van der Waals surface area contributed by atoms with Crippen LogP contribution in [0.3, 0.4) is 0 Å². The van der Waals surface area contributed by atoms with Gasteiger partial charge in [0.2, 0.25) is 10.0 Å². The Morgan fingerprint density at radius 1 is 0.900 bits per heavy atom. The zero-order valence-electron chi connectivity index (χ0n) is 22.3. The molecule has 8 N–H and O–H groups in total. The van der Waals surface area contributed by atoms with E-state index in [2.05, 4.69) is 26.8 Å². The maximum absolute atomic E-state index is 13.8. The highest BCUT2D eigenvalue weighted by Gasteiger charge is 2.40. The number of halogens is 3. The molecule has 0 atom stereocenters. The van der Waals surface area contributed by atoms with Crippen LogP contribution in [0, 0.1) is 5.92 Å². The highest BCUT2D eigenvalue weighted by atomic mass is 32.2. The minimum absolute atomic E-state index is 0.114. The molecule has 220 valence electrons. The smallest absolute Gasteiger partial charge is 0.330 e. The summed E-state index contributed by atoms with van der Waals surface area (Å²) < 4.78 is 66.5. The van der Waals surface area contributed by atoms with Gasteiger partial charge in [0.1, 0.15) is 11.1 Å². The molecule has 2 aromatic carbocycles. The Labute approximate surface area is 233 Å². The van der Waals surface area contributed by atoms with Crippen LogP contribution in [-0.2, 0) is 16.2 Å². The van der Waals surface area contributed by atoms with Crippen molar-refractivity contribution < 1.29 is 21.6 Å². The van der Waals surface area contributed by atoms with E-state index in [4.69, 9.17) is 10.9 Å². The number of nitrogens with two attached hydrogens (primary N) is 2. The van der Waals surface area contributed by atoms with Crippen molar-refractivity contribution in [3.8, 4) is 11.1 Å². The first-order valence-electron chi connectivity index (χ1n) is 13.9. The van der Waals surface area contributed by atoms with E-state index in [0.717, 1.165) is 50.9 Å². The van der Waals surface area contributed by atoms with Crippen molar-refractivity contribution in [1.82, 2.24) is 26.8 Å². The largest absolute Gasteiger partial charge is 0.417 e. The molecule has 1 saturated carbocycles. The van der Waals surface area contributed by atoms with Crippen LogP contribution in [0.25, 0.3) is 11.1 Å². The van der Waals surface area contributed by atoms with Gasteiger partial charge in [-0.25, -0.2) is 24.4 Å². The number of nitrogens with one attached hydrogen (secondary N) is 4. The van der Waals surface area contributed by atoms with Crippen LogP contribution < -0.4 is 32.8 Å². The number of nitrogens with zero attached hydrogens (tertiary/aromatic N) is 1. The summed E-state index contributed by atoms with van der Waals surface area (Å²) in [6.07, 6.45) is 2.36. The lowest BCUT2D eigenvalue weighted by Crippen LogP contribution is -2.42. The number of hydrazine groups is 3. The van der Waals surface area contributed by atoms with Crippen molar-refractivity contribution in [1.29, 1.82) is 0 Å². The zero-order valence-corrected chi connectivity index (χ0v) is 23.1. The van der Waals surface area contributed by atoms with E-state index in [-0.39, 0.29) is 5.56 Å². The van der Waals surface area contributed by atoms with Crippen LogP contribution in [0.15, 0.2) is 41.3 Å². The third-order valence-electron chi connectivity index (χ3n) is 8.70. The number of hydrogen-bond donors (Lipinski definition) is 6. The lowest BCUT2D eigenvalue weighted by Gasteiger charge is -2.41. The van der Waals surface area contributed by atoms with E-state index in [9.17, 15) is 21.6 Å². The second-order valence-electron chi connectivity index (χ2n) is 11.1. The number of sulfonamides is 1. The molecule has 0 bridgehead atoms. The van der Waals surface area contributed by atoms with Gasteiger partial charge in [0.05, 0.1) is 5.56 Å². The normalized spacial score (nSPS) is 24.0. The Morgan fingerprint density at radius 3 is 2.08 bits per heavy atom. The Bertz CT molecular complexity index is 1270. The topological polar surface area (TPSA) is 138 Å². The Balaban J connectivity index is 1.35. The van der Waals surface area contributed by atoms with Crippen LogP contribution in [-0.4, -0.2) is 39.0 Å². The van der Waals surface area contributed by atoms with Gasteiger partial charge in [-0.2, -0.15) is 24.2 Å². The quantitative estimate of drug-likeness (QED) is 0.293. The molecule has 2 aliphatic heterocycles. The molecule has 13 heteroatoms. The highest BCUT2D eigenvalue weighted by molar-refractivity contribution is 7.89. The maximum Gasteiger partial charge on any atom is 0.417 e. The first-order valence-corrected chi connectivity index (χ1v) is 15.4.